The van der Waals surface area contributed by atoms with Crippen LogP contribution in [0.1, 0.15) is 5.76 Å². The Morgan fingerprint density at radius 3 is 2.58 bits per heavy atom. The lowest BCUT2D eigenvalue weighted by Crippen LogP contribution is -2.34. The quantitative estimate of drug-likeness (QED) is 0.322. The molecule has 2 aromatic carbocycles. The number of hydrogen-bond donors (Lipinski definition) is 0. The number of rotatable bonds is 10. The van der Waals surface area contributed by atoms with E-state index in [4.69, 9.17) is 9.15 Å². The summed E-state index contributed by atoms with van der Waals surface area (Å²) in [7, 11) is 1.60. The first-order valence-electron chi connectivity index (χ1n) is 10.3. The number of halogens is 1. The predicted molar refractivity (Wildman–Crippen MR) is 123 cm³/mol. The minimum Gasteiger partial charge on any atom is -0.467 e. The molecular weight excluding hydrogens is 443 g/mol. The summed E-state index contributed by atoms with van der Waals surface area (Å²) in [6.07, 6.45) is 1.59. The summed E-state index contributed by atoms with van der Waals surface area (Å²) >= 11 is 1.30. The van der Waals surface area contributed by atoms with Crippen LogP contribution < -0.4 is 0 Å². The molecular formula is C24H23FN4O3S. The van der Waals surface area contributed by atoms with Gasteiger partial charge in [-0.2, -0.15) is 0 Å². The van der Waals surface area contributed by atoms with Crippen LogP contribution in [0.15, 0.2) is 82.6 Å². The van der Waals surface area contributed by atoms with E-state index in [-0.39, 0.29) is 17.5 Å². The lowest BCUT2D eigenvalue weighted by Gasteiger charge is -2.21. The van der Waals surface area contributed by atoms with Gasteiger partial charge in [-0.25, -0.2) is 4.39 Å². The van der Waals surface area contributed by atoms with Gasteiger partial charge in [-0.3, -0.25) is 9.36 Å². The Kier molecular flexibility index (Phi) is 7.54. The van der Waals surface area contributed by atoms with Gasteiger partial charge in [-0.05, 0) is 48.5 Å². The number of amides is 1. The van der Waals surface area contributed by atoms with Crippen LogP contribution in [-0.4, -0.2) is 51.6 Å². The molecule has 0 unspecified atom stereocenters. The molecule has 4 rings (SSSR count). The Morgan fingerprint density at radius 1 is 1.09 bits per heavy atom. The fourth-order valence-electron chi connectivity index (χ4n) is 3.26. The van der Waals surface area contributed by atoms with E-state index in [0.29, 0.717) is 36.4 Å². The van der Waals surface area contributed by atoms with E-state index in [1.165, 1.54) is 23.9 Å². The van der Waals surface area contributed by atoms with Crippen LogP contribution in [-0.2, 0) is 16.1 Å². The molecule has 9 heteroatoms. The summed E-state index contributed by atoms with van der Waals surface area (Å²) in [6.45, 7) is 1.23. The van der Waals surface area contributed by atoms with Crippen LogP contribution in [0, 0.1) is 5.82 Å². The van der Waals surface area contributed by atoms with Crippen LogP contribution >= 0.6 is 11.8 Å². The summed E-state index contributed by atoms with van der Waals surface area (Å²) in [5.41, 5.74) is 1.58. The number of hydrogen-bond acceptors (Lipinski definition) is 6. The van der Waals surface area contributed by atoms with Crippen molar-refractivity contribution in [1.82, 2.24) is 19.7 Å². The van der Waals surface area contributed by atoms with Gasteiger partial charge in [-0.15, -0.1) is 10.2 Å². The van der Waals surface area contributed by atoms with Crippen molar-refractivity contribution in [2.24, 2.45) is 0 Å². The topological polar surface area (TPSA) is 73.4 Å². The molecule has 0 fully saturated rings. The number of methoxy groups -OCH3 is 1. The van der Waals surface area contributed by atoms with Gasteiger partial charge in [0, 0.05) is 24.9 Å². The number of aromatic nitrogens is 3. The molecule has 0 aliphatic heterocycles. The third-order valence-corrected chi connectivity index (χ3v) is 5.83. The number of carbonyl (C=O) groups is 1. The Morgan fingerprint density at radius 2 is 1.88 bits per heavy atom. The van der Waals surface area contributed by atoms with Gasteiger partial charge in [0.1, 0.15) is 11.6 Å². The van der Waals surface area contributed by atoms with Gasteiger partial charge in [0.25, 0.3) is 0 Å². The lowest BCUT2D eigenvalue weighted by molar-refractivity contribution is -0.129. The molecule has 0 saturated heterocycles. The monoisotopic (exact) mass is 466 g/mol. The summed E-state index contributed by atoms with van der Waals surface area (Å²) < 4.78 is 25.9. The third kappa shape index (κ3) is 5.68. The smallest absolute Gasteiger partial charge is 0.233 e. The van der Waals surface area contributed by atoms with Gasteiger partial charge in [0.05, 0.1) is 25.2 Å². The zero-order valence-corrected chi connectivity index (χ0v) is 18.9. The highest BCUT2D eigenvalue weighted by molar-refractivity contribution is 7.99. The molecule has 0 atom stereocenters. The average Bonchev–Trinajstić information content (AvgIpc) is 3.51. The summed E-state index contributed by atoms with van der Waals surface area (Å²) in [5, 5.41) is 9.23. The summed E-state index contributed by atoms with van der Waals surface area (Å²) in [4.78, 5) is 14.7. The first-order valence-corrected chi connectivity index (χ1v) is 11.3. The highest BCUT2D eigenvalue weighted by Crippen LogP contribution is 2.28. The molecule has 33 heavy (non-hydrogen) atoms. The van der Waals surface area contributed by atoms with E-state index in [0.717, 1.165) is 11.3 Å². The number of benzene rings is 2. The third-order valence-electron chi connectivity index (χ3n) is 4.92. The normalized spacial score (nSPS) is 11.0. The number of nitrogens with zero attached hydrogens (tertiary/aromatic N) is 4. The van der Waals surface area contributed by atoms with E-state index in [2.05, 4.69) is 10.2 Å². The van der Waals surface area contributed by atoms with Crippen molar-refractivity contribution in [1.29, 1.82) is 0 Å². The number of ether oxygens (including phenoxy) is 1. The Bertz CT molecular complexity index is 1160. The molecule has 7 nitrogen and oxygen atoms in total. The first-order chi connectivity index (χ1) is 16.2. The van der Waals surface area contributed by atoms with Gasteiger partial charge in [0.2, 0.25) is 5.91 Å². The van der Waals surface area contributed by atoms with Crippen molar-refractivity contribution in [3.05, 3.63) is 84.6 Å². The van der Waals surface area contributed by atoms with E-state index in [1.54, 1.807) is 36.5 Å². The number of para-hydroxylation sites is 1. The van der Waals surface area contributed by atoms with Gasteiger partial charge in [0.15, 0.2) is 11.0 Å². The number of carbonyl (C=O) groups excluding carboxylic acids is 1. The number of thioether (sulfide) groups is 1. The van der Waals surface area contributed by atoms with Crippen molar-refractivity contribution in [2.45, 2.75) is 11.7 Å². The maximum absolute atomic E-state index is 13.4. The molecule has 2 aromatic heterocycles. The SMILES string of the molecule is COCCN(Cc1ccco1)C(=O)CSc1nnc(-c2ccc(F)cc2)n1-c1ccccc1. The predicted octanol–water partition coefficient (Wildman–Crippen LogP) is 4.43. The largest absolute Gasteiger partial charge is 0.467 e. The molecule has 0 bridgehead atoms. The zero-order chi connectivity index (χ0) is 23.0. The fourth-order valence-corrected chi connectivity index (χ4v) is 4.12. The maximum Gasteiger partial charge on any atom is 0.233 e. The average molecular weight is 467 g/mol. The number of furan rings is 1. The van der Waals surface area contributed by atoms with Crippen LogP contribution in [0.2, 0.25) is 0 Å². The van der Waals surface area contributed by atoms with E-state index in [1.807, 2.05) is 41.0 Å². The van der Waals surface area contributed by atoms with Crippen LogP contribution in [0.25, 0.3) is 17.1 Å². The van der Waals surface area contributed by atoms with Crippen LogP contribution in [0.5, 0.6) is 0 Å². The highest BCUT2D eigenvalue weighted by Gasteiger charge is 2.20. The van der Waals surface area contributed by atoms with Gasteiger partial charge < -0.3 is 14.1 Å². The highest BCUT2D eigenvalue weighted by atomic mass is 32.2. The van der Waals surface area contributed by atoms with Crippen molar-refractivity contribution >= 4 is 17.7 Å². The summed E-state index contributed by atoms with van der Waals surface area (Å²) in [6, 6.07) is 19.3. The fraction of sp³-hybridized carbons (Fsp3) is 0.208. The van der Waals surface area contributed by atoms with Gasteiger partial charge in [-0.1, -0.05) is 30.0 Å². The van der Waals surface area contributed by atoms with Crippen molar-refractivity contribution < 1.29 is 18.3 Å². The summed E-state index contributed by atoms with van der Waals surface area (Å²) in [5.74, 6) is 1.05. The molecule has 0 aliphatic rings. The molecule has 0 radical (unpaired) electrons. The van der Waals surface area contributed by atoms with Crippen LogP contribution in [0.3, 0.4) is 0 Å². The first kappa shape index (κ1) is 22.8. The Labute approximate surface area is 195 Å². The second kappa shape index (κ2) is 10.9. The standard InChI is InChI=1S/C24H23FN4O3S/c1-31-15-13-28(16-21-8-5-14-32-21)22(30)17-33-24-27-26-23(18-9-11-19(25)12-10-18)29(24)20-6-3-2-4-7-20/h2-12,14H,13,15-17H2,1H3. The molecule has 0 saturated carbocycles. The minimum absolute atomic E-state index is 0.0700. The molecule has 4 aromatic rings. The zero-order valence-electron chi connectivity index (χ0n) is 18.1. The maximum atomic E-state index is 13.4. The molecule has 0 spiro atoms. The molecule has 1 amide bonds. The molecule has 170 valence electrons. The Hall–Kier alpha value is -3.43. The minimum atomic E-state index is -0.322. The van der Waals surface area contributed by atoms with Crippen molar-refractivity contribution in [3.8, 4) is 17.1 Å². The molecule has 2 heterocycles. The van der Waals surface area contributed by atoms with E-state index >= 15 is 0 Å². The van der Waals surface area contributed by atoms with Crippen molar-refractivity contribution in [2.75, 3.05) is 26.0 Å². The lowest BCUT2D eigenvalue weighted by atomic mass is 10.2. The Balaban J connectivity index is 1.57. The molecule has 0 aliphatic carbocycles. The van der Waals surface area contributed by atoms with E-state index in [9.17, 15) is 9.18 Å². The second-order valence-corrected chi connectivity index (χ2v) is 8.10. The van der Waals surface area contributed by atoms with Gasteiger partial charge >= 0.3 is 0 Å². The second-order valence-electron chi connectivity index (χ2n) is 7.16. The van der Waals surface area contributed by atoms with E-state index < -0.39 is 0 Å². The van der Waals surface area contributed by atoms with Crippen LogP contribution in [0.4, 0.5) is 4.39 Å². The molecule has 0 N–H and O–H groups in total. The van der Waals surface area contributed by atoms with Crippen molar-refractivity contribution in [3.63, 3.8) is 0 Å².